The van der Waals surface area contributed by atoms with Crippen molar-refractivity contribution in [2.24, 2.45) is 0 Å². The Kier molecular flexibility index (Phi) is 2.04. The Hall–Kier alpha value is -1.35. The van der Waals surface area contributed by atoms with Crippen LogP contribution in [0.1, 0.15) is 33.2 Å². The van der Waals surface area contributed by atoms with Crippen LogP contribution in [0.5, 0.6) is 0 Å². The van der Waals surface area contributed by atoms with Crippen molar-refractivity contribution in [3.8, 4) is 0 Å². The molecule has 0 saturated carbocycles. The first-order chi connectivity index (χ1) is 6.59. The highest BCUT2D eigenvalue weighted by molar-refractivity contribution is 6.34. The average Bonchev–Trinajstić information content (AvgIpc) is 2.46. The molecule has 4 heteroatoms. The molecular formula is C10H8ClNO2. The summed E-state index contributed by atoms with van der Waals surface area (Å²) in [7, 11) is 0. The van der Waals surface area contributed by atoms with Gasteiger partial charge in [-0.25, -0.2) is 0 Å². The minimum absolute atomic E-state index is 0.0860. The molecule has 0 radical (unpaired) electrons. The molecule has 1 aliphatic rings. The number of nitrogens with one attached hydrogen (secondary N) is 1. The predicted molar refractivity (Wildman–Crippen MR) is 52.6 cm³/mol. The molecule has 0 aromatic heterocycles. The number of carbonyl (C=O) groups is 2. The van der Waals surface area contributed by atoms with E-state index in [0.29, 0.717) is 22.7 Å². The van der Waals surface area contributed by atoms with Crippen LogP contribution in [0.3, 0.4) is 0 Å². The summed E-state index contributed by atoms with van der Waals surface area (Å²) in [5, 5.41) is 3.01. The topological polar surface area (TPSA) is 46.2 Å². The highest BCUT2D eigenvalue weighted by Gasteiger charge is 2.21. The molecule has 1 heterocycles. The lowest BCUT2D eigenvalue weighted by Gasteiger charge is -2.02. The highest BCUT2D eigenvalue weighted by Crippen LogP contribution is 2.24. The van der Waals surface area contributed by atoms with Gasteiger partial charge < -0.3 is 5.32 Å². The molecule has 0 fully saturated rings. The Balaban J connectivity index is 2.61. The van der Waals surface area contributed by atoms with Crippen molar-refractivity contribution in [2.45, 2.75) is 13.5 Å². The normalized spacial score (nSPS) is 13.7. The SMILES string of the molecule is CC(=O)c1cc2c(cc1Cl)C(=O)NC2. The highest BCUT2D eigenvalue weighted by atomic mass is 35.5. The first kappa shape index (κ1) is 9.21. The van der Waals surface area contributed by atoms with E-state index >= 15 is 0 Å². The van der Waals surface area contributed by atoms with Crippen molar-refractivity contribution >= 4 is 23.3 Å². The van der Waals surface area contributed by atoms with Crippen LogP contribution in [0.25, 0.3) is 0 Å². The fourth-order valence-corrected chi connectivity index (χ4v) is 1.81. The summed E-state index contributed by atoms with van der Waals surface area (Å²) >= 11 is 5.87. The Morgan fingerprint density at radius 3 is 2.86 bits per heavy atom. The largest absolute Gasteiger partial charge is 0.348 e. The van der Waals surface area contributed by atoms with Gasteiger partial charge >= 0.3 is 0 Å². The summed E-state index contributed by atoms with van der Waals surface area (Å²) in [6.07, 6.45) is 0. The minimum atomic E-state index is -0.128. The van der Waals surface area contributed by atoms with Gasteiger partial charge in [-0.05, 0) is 24.6 Å². The lowest BCUT2D eigenvalue weighted by Crippen LogP contribution is -2.12. The maximum absolute atomic E-state index is 11.2. The third-order valence-corrected chi connectivity index (χ3v) is 2.57. The van der Waals surface area contributed by atoms with E-state index in [1.165, 1.54) is 6.92 Å². The molecule has 1 N–H and O–H groups in total. The molecule has 1 aliphatic heterocycles. The molecule has 1 amide bonds. The second-order valence-electron chi connectivity index (χ2n) is 3.23. The molecule has 1 aromatic rings. The summed E-state index contributed by atoms with van der Waals surface area (Å²) in [4.78, 5) is 22.4. The van der Waals surface area contributed by atoms with Gasteiger partial charge in [-0.2, -0.15) is 0 Å². The minimum Gasteiger partial charge on any atom is -0.348 e. The predicted octanol–water partition coefficient (Wildman–Crippen LogP) is 1.79. The van der Waals surface area contributed by atoms with E-state index < -0.39 is 0 Å². The van der Waals surface area contributed by atoms with E-state index in [-0.39, 0.29) is 11.7 Å². The molecule has 0 bridgehead atoms. The number of amides is 1. The van der Waals surface area contributed by atoms with Crippen LogP contribution >= 0.6 is 11.6 Å². The number of fused-ring (bicyclic) bond motifs is 1. The zero-order valence-electron chi connectivity index (χ0n) is 7.56. The lowest BCUT2D eigenvalue weighted by atomic mass is 10.0. The van der Waals surface area contributed by atoms with E-state index in [4.69, 9.17) is 11.6 Å². The van der Waals surface area contributed by atoms with Gasteiger partial charge in [0.25, 0.3) is 5.91 Å². The fourth-order valence-electron chi connectivity index (χ4n) is 1.52. The van der Waals surface area contributed by atoms with Crippen LogP contribution in [0.15, 0.2) is 12.1 Å². The van der Waals surface area contributed by atoms with Gasteiger partial charge in [0, 0.05) is 17.7 Å². The molecule has 0 unspecified atom stereocenters. The fraction of sp³-hybridized carbons (Fsp3) is 0.200. The van der Waals surface area contributed by atoms with E-state index in [1.807, 2.05) is 0 Å². The van der Waals surface area contributed by atoms with Crippen molar-refractivity contribution in [2.75, 3.05) is 0 Å². The average molecular weight is 210 g/mol. The second kappa shape index (κ2) is 3.10. The Labute approximate surface area is 86.1 Å². The number of Topliss-reactive ketones (excluding diaryl/α,β-unsaturated/α-hetero) is 1. The van der Waals surface area contributed by atoms with Gasteiger partial charge in [-0.1, -0.05) is 11.6 Å². The Morgan fingerprint density at radius 1 is 1.50 bits per heavy atom. The van der Waals surface area contributed by atoms with Crippen LogP contribution in [0.4, 0.5) is 0 Å². The first-order valence-electron chi connectivity index (χ1n) is 4.21. The first-order valence-corrected chi connectivity index (χ1v) is 4.59. The summed E-state index contributed by atoms with van der Waals surface area (Å²) in [5.74, 6) is -0.214. The molecule has 72 valence electrons. The Bertz CT molecular complexity index is 440. The summed E-state index contributed by atoms with van der Waals surface area (Å²) in [5.41, 5.74) is 1.88. The monoisotopic (exact) mass is 209 g/mol. The van der Waals surface area contributed by atoms with Crippen LogP contribution in [-0.4, -0.2) is 11.7 Å². The number of hydrogen-bond acceptors (Lipinski definition) is 2. The third-order valence-electron chi connectivity index (χ3n) is 2.26. The van der Waals surface area contributed by atoms with Crippen molar-refractivity contribution < 1.29 is 9.59 Å². The smallest absolute Gasteiger partial charge is 0.251 e. The van der Waals surface area contributed by atoms with Crippen molar-refractivity contribution in [3.05, 3.63) is 33.8 Å². The van der Waals surface area contributed by atoms with Gasteiger partial charge in [-0.3, -0.25) is 9.59 Å². The van der Waals surface area contributed by atoms with E-state index in [1.54, 1.807) is 12.1 Å². The second-order valence-corrected chi connectivity index (χ2v) is 3.64. The van der Waals surface area contributed by atoms with Crippen molar-refractivity contribution in [3.63, 3.8) is 0 Å². The lowest BCUT2D eigenvalue weighted by molar-refractivity contribution is 0.0964. The van der Waals surface area contributed by atoms with Crippen LogP contribution in [0, 0.1) is 0 Å². The number of halogens is 1. The van der Waals surface area contributed by atoms with E-state index in [9.17, 15) is 9.59 Å². The molecule has 0 atom stereocenters. The number of rotatable bonds is 1. The zero-order valence-corrected chi connectivity index (χ0v) is 8.31. The standard InChI is InChI=1S/C10H8ClNO2/c1-5(13)7-2-6-4-12-10(14)8(6)3-9(7)11/h2-3H,4H2,1H3,(H,12,14). The van der Waals surface area contributed by atoms with Gasteiger partial charge in [0.2, 0.25) is 0 Å². The summed E-state index contributed by atoms with van der Waals surface area (Å²) in [6, 6.07) is 3.23. The maximum atomic E-state index is 11.2. The van der Waals surface area contributed by atoms with Gasteiger partial charge in [0.15, 0.2) is 5.78 Å². The van der Waals surface area contributed by atoms with Crippen LogP contribution < -0.4 is 5.32 Å². The van der Waals surface area contributed by atoms with Crippen LogP contribution in [0.2, 0.25) is 5.02 Å². The van der Waals surface area contributed by atoms with Gasteiger partial charge in [0.05, 0.1) is 5.02 Å². The summed E-state index contributed by atoms with van der Waals surface area (Å²) < 4.78 is 0. The van der Waals surface area contributed by atoms with E-state index in [0.717, 1.165) is 5.56 Å². The summed E-state index contributed by atoms with van der Waals surface area (Å²) in [6.45, 7) is 1.93. The molecule has 3 nitrogen and oxygen atoms in total. The maximum Gasteiger partial charge on any atom is 0.251 e. The van der Waals surface area contributed by atoms with Crippen LogP contribution in [-0.2, 0) is 6.54 Å². The van der Waals surface area contributed by atoms with Gasteiger partial charge in [0.1, 0.15) is 0 Å². The number of hydrogen-bond donors (Lipinski definition) is 1. The zero-order chi connectivity index (χ0) is 10.3. The number of ketones is 1. The number of carbonyl (C=O) groups excluding carboxylic acids is 2. The van der Waals surface area contributed by atoms with E-state index in [2.05, 4.69) is 5.32 Å². The molecule has 2 rings (SSSR count). The molecule has 0 spiro atoms. The third kappa shape index (κ3) is 1.30. The van der Waals surface area contributed by atoms with Crippen molar-refractivity contribution in [1.82, 2.24) is 5.32 Å². The molecule has 0 saturated heterocycles. The Morgan fingerprint density at radius 2 is 2.21 bits per heavy atom. The molecule has 1 aromatic carbocycles. The van der Waals surface area contributed by atoms with Gasteiger partial charge in [-0.15, -0.1) is 0 Å². The number of benzene rings is 1. The molecule has 14 heavy (non-hydrogen) atoms. The molecular weight excluding hydrogens is 202 g/mol. The quantitative estimate of drug-likeness (QED) is 0.717. The van der Waals surface area contributed by atoms with Crippen molar-refractivity contribution in [1.29, 1.82) is 0 Å². The molecule has 0 aliphatic carbocycles.